The summed E-state index contributed by atoms with van der Waals surface area (Å²) in [5.41, 5.74) is 1.56. The molecule has 0 saturated heterocycles. The zero-order chi connectivity index (χ0) is 17.2. The summed E-state index contributed by atoms with van der Waals surface area (Å²) in [5, 5.41) is 2.71. The summed E-state index contributed by atoms with van der Waals surface area (Å²) in [4.78, 5) is 15.8. The van der Waals surface area contributed by atoms with Crippen LogP contribution >= 0.6 is 15.9 Å². The molecule has 0 radical (unpaired) electrons. The van der Waals surface area contributed by atoms with Crippen molar-refractivity contribution < 1.29 is 9.53 Å². The summed E-state index contributed by atoms with van der Waals surface area (Å²) < 4.78 is 6.40. The molecule has 122 valence electrons. The smallest absolute Gasteiger partial charge is 0.253 e. The molecule has 0 aliphatic heterocycles. The molecule has 24 heavy (non-hydrogen) atoms. The fraction of sp³-hybridized carbons (Fsp3) is 0.158. The van der Waals surface area contributed by atoms with E-state index in [0.717, 1.165) is 22.2 Å². The number of ether oxygens (including phenoxy) is 1. The summed E-state index contributed by atoms with van der Waals surface area (Å²) in [6.07, 6.45) is 5.71. The summed E-state index contributed by atoms with van der Waals surface area (Å²) in [6.45, 7) is 4.25. The monoisotopic (exact) mass is 384 g/mol. The van der Waals surface area contributed by atoms with E-state index >= 15 is 0 Å². The Morgan fingerprint density at radius 1 is 1.33 bits per heavy atom. The molecule has 2 rings (SSSR count). The van der Waals surface area contributed by atoms with Crippen LogP contribution < -0.4 is 10.1 Å². The van der Waals surface area contributed by atoms with Gasteiger partial charge in [0, 0.05) is 16.9 Å². The average molecular weight is 385 g/mol. The number of carbonyl (C=O) groups excluding carboxylic acids is 1. The molecule has 1 amide bonds. The second-order valence-electron chi connectivity index (χ2n) is 4.82. The molecule has 1 heterocycles. The van der Waals surface area contributed by atoms with Gasteiger partial charge in [-0.25, -0.2) is 0 Å². The number of nitrogens with one attached hydrogen (secondary N) is 1. The Labute approximate surface area is 150 Å². The van der Waals surface area contributed by atoms with Crippen molar-refractivity contribution in [2.75, 3.05) is 13.2 Å². The molecule has 0 aliphatic carbocycles. The van der Waals surface area contributed by atoms with E-state index in [1.807, 2.05) is 30.3 Å². The Bertz CT molecular complexity index is 778. The molecule has 1 aromatic carbocycles. The highest BCUT2D eigenvalue weighted by atomic mass is 79.9. The van der Waals surface area contributed by atoms with Gasteiger partial charge in [0.15, 0.2) is 0 Å². The highest BCUT2D eigenvalue weighted by molar-refractivity contribution is 9.10. The lowest BCUT2D eigenvalue weighted by Gasteiger charge is -2.07. The fourth-order valence-electron chi connectivity index (χ4n) is 1.96. The number of para-hydroxylation sites is 1. The van der Waals surface area contributed by atoms with Gasteiger partial charge < -0.3 is 10.1 Å². The van der Waals surface area contributed by atoms with Crippen LogP contribution in [0.2, 0.25) is 0 Å². The number of rotatable bonds is 6. The molecule has 4 nitrogen and oxygen atoms in total. The maximum absolute atomic E-state index is 11.9. The third-order valence-electron chi connectivity index (χ3n) is 3.07. The third kappa shape index (κ3) is 5.56. The van der Waals surface area contributed by atoms with Crippen molar-refractivity contribution in [3.8, 4) is 17.6 Å². The van der Waals surface area contributed by atoms with Crippen LogP contribution in [0.4, 0.5) is 0 Å². The molecule has 5 heteroatoms. The van der Waals surface area contributed by atoms with E-state index in [4.69, 9.17) is 4.74 Å². The molecule has 0 saturated carbocycles. The maximum atomic E-state index is 11.9. The molecule has 0 aliphatic rings. The number of halogens is 1. The molecule has 1 N–H and O–H groups in total. The lowest BCUT2D eigenvalue weighted by molar-refractivity contribution is 0.0958. The Hall–Kier alpha value is -2.58. The van der Waals surface area contributed by atoms with Crippen molar-refractivity contribution in [1.82, 2.24) is 10.3 Å². The van der Waals surface area contributed by atoms with Crippen molar-refractivity contribution in [3.63, 3.8) is 0 Å². The summed E-state index contributed by atoms with van der Waals surface area (Å²) in [7, 11) is 0. The van der Waals surface area contributed by atoms with Crippen LogP contribution in [0.25, 0.3) is 0 Å². The molecular weight excluding hydrogens is 368 g/mol. The van der Waals surface area contributed by atoms with Crippen molar-refractivity contribution >= 4 is 21.8 Å². The van der Waals surface area contributed by atoms with Crippen LogP contribution in [0.3, 0.4) is 0 Å². The highest BCUT2D eigenvalue weighted by Gasteiger charge is 2.04. The number of nitrogens with zero attached hydrogens (tertiary/aromatic N) is 1. The van der Waals surface area contributed by atoms with Crippen LogP contribution in [-0.2, 0) is 6.42 Å². The van der Waals surface area contributed by atoms with Gasteiger partial charge in [-0.2, -0.15) is 0 Å². The lowest BCUT2D eigenvalue weighted by Crippen LogP contribution is -2.23. The van der Waals surface area contributed by atoms with Crippen molar-refractivity contribution in [1.29, 1.82) is 0 Å². The van der Waals surface area contributed by atoms with Gasteiger partial charge in [0.25, 0.3) is 5.91 Å². The van der Waals surface area contributed by atoms with E-state index < -0.39 is 0 Å². The minimum absolute atomic E-state index is 0.213. The number of pyridine rings is 1. The summed E-state index contributed by atoms with van der Waals surface area (Å²) >= 11 is 3.28. The molecule has 0 spiro atoms. The minimum Gasteiger partial charge on any atom is -0.481 e. The van der Waals surface area contributed by atoms with E-state index in [9.17, 15) is 4.79 Å². The van der Waals surface area contributed by atoms with Crippen LogP contribution in [0.15, 0.2) is 59.9 Å². The highest BCUT2D eigenvalue weighted by Crippen LogP contribution is 2.18. The van der Waals surface area contributed by atoms with Crippen LogP contribution in [0.1, 0.15) is 15.9 Å². The molecule has 2 aromatic rings. The molecule has 1 aromatic heterocycles. The molecule has 0 atom stereocenters. The lowest BCUT2D eigenvalue weighted by atomic mass is 10.1. The molecule has 0 bridgehead atoms. The summed E-state index contributed by atoms with van der Waals surface area (Å²) in [5.74, 6) is 6.34. The SMILES string of the molecule is C=CCc1ccccc1OCC#CCNC(=O)c1cncc(Br)c1. The first-order chi connectivity index (χ1) is 11.7. The summed E-state index contributed by atoms with van der Waals surface area (Å²) in [6, 6.07) is 9.49. The number of allylic oxidation sites excluding steroid dienone is 1. The molecule has 0 unspecified atom stereocenters. The quantitative estimate of drug-likeness (QED) is 0.613. The van der Waals surface area contributed by atoms with E-state index in [1.54, 1.807) is 12.3 Å². The van der Waals surface area contributed by atoms with Gasteiger partial charge in [-0.3, -0.25) is 9.78 Å². The Balaban J connectivity index is 1.78. The Morgan fingerprint density at radius 3 is 2.96 bits per heavy atom. The van der Waals surface area contributed by atoms with E-state index in [0.29, 0.717) is 5.56 Å². The molecular formula is C19H17BrN2O2. The minimum atomic E-state index is -0.213. The van der Waals surface area contributed by atoms with Crippen molar-refractivity contribution in [2.45, 2.75) is 6.42 Å². The predicted molar refractivity (Wildman–Crippen MR) is 97.9 cm³/mol. The van der Waals surface area contributed by atoms with Crippen molar-refractivity contribution in [3.05, 3.63) is 71.0 Å². The van der Waals surface area contributed by atoms with E-state index in [-0.39, 0.29) is 19.1 Å². The van der Waals surface area contributed by atoms with E-state index in [1.165, 1.54) is 6.20 Å². The van der Waals surface area contributed by atoms with Gasteiger partial charge >= 0.3 is 0 Å². The first-order valence-electron chi connectivity index (χ1n) is 7.37. The van der Waals surface area contributed by atoms with Crippen LogP contribution in [0.5, 0.6) is 5.75 Å². The topological polar surface area (TPSA) is 51.2 Å². The fourth-order valence-corrected chi connectivity index (χ4v) is 2.32. The van der Waals surface area contributed by atoms with Crippen molar-refractivity contribution in [2.24, 2.45) is 0 Å². The first kappa shape index (κ1) is 17.8. The normalized spacial score (nSPS) is 9.54. The number of amides is 1. The van der Waals surface area contributed by atoms with Gasteiger partial charge in [0.2, 0.25) is 0 Å². The van der Waals surface area contributed by atoms with Gasteiger partial charge in [0.05, 0.1) is 12.1 Å². The van der Waals surface area contributed by atoms with Gasteiger partial charge in [-0.1, -0.05) is 36.1 Å². The van der Waals surface area contributed by atoms with Gasteiger partial charge in [0.1, 0.15) is 12.4 Å². The number of hydrogen-bond donors (Lipinski definition) is 1. The second-order valence-corrected chi connectivity index (χ2v) is 5.73. The van der Waals surface area contributed by atoms with Crippen LogP contribution in [-0.4, -0.2) is 24.0 Å². The largest absolute Gasteiger partial charge is 0.481 e. The van der Waals surface area contributed by atoms with Crippen LogP contribution in [0, 0.1) is 11.8 Å². The predicted octanol–water partition coefficient (Wildman–Crippen LogP) is 3.38. The number of hydrogen-bond acceptors (Lipinski definition) is 3. The zero-order valence-electron chi connectivity index (χ0n) is 13.1. The Morgan fingerprint density at radius 2 is 2.17 bits per heavy atom. The zero-order valence-corrected chi connectivity index (χ0v) is 14.7. The third-order valence-corrected chi connectivity index (χ3v) is 3.50. The van der Waals surface area contributed by atoms with Gasteiger partial charge in [-0.05, 0) is 40.0 Å². The van der Waals surface area contributed by atoms with Gasteiger partial charge in [-0.15, -0.1) is 6.58 Å². The Kier molecular flexibility index (Phi) is 7.06. The number of aromatic nitrogens is 1. The standard InChI is InChI=1S/C19H17BrN2O2/c1-2-7-15-8-3-4-9-18(15)24-11-6-5-10-22-19(23)16-12-17(20)14-21-13-16/h2-4,8-9,12-14H,1,7,10-11H2,(H,22,23). The number of carbonyl (C=O) groups is 1. The van der Waals surface area contributed by atoms with E-state index in [2.05, 4.69) is 44.7 Å². The average Bonchev–Trinajstić information content (AvgIpc) is 2.59. The molecule has 0 fully saturated rings. The first-order valence-corrected chi connectivity index (χ1v) is 8.16. The number of benzene rings is 1. The second kappa shape index (κ2) is 9.53. The maximum Gasteiger partial charge on any atom is 0.253 e.